The fraction of sp³-hybridized carbons (Fsp3) is 0.167. The van der Waals surface area contributed by atoms with Gasteiger partial charge in [-0.1, -0.05) is 30.3 Å². The van der Waals surface area contributed by atoms with Crippen LogP contribution in [-0.4, -0.2) is 17.6 Å². The number of esters is 1. The van der Waals surface area contributed by atoms with Gasteiger partial charge in [0.2, 0.25) is 0 Å². The summed E-state index contributed by atoms with van der Waals surface area (Å²) >= 11 is 0. The molecular weight excluding hydrogens is 262 g/mol. The molecule has 0 saturated carbocycles. The number of nitrogens with zero attached hydrogens (tertiary/aromatic N) is 1. The maximum absolute atomic E-state index is 11.7. The summed E-state index contributed by atoms with van der Waals surface area (Å²) in [6, 6.07) is 16.0. The first-order chi connectivity index (χ1) is 10.2. The Hall–Kier alpha value is -2.55. The summed E-state index contributed by atoms with van der Waals surface area (Å²) in [5.74, 6) is -0.300. The molecule has 0 fully saturated rings. The van der Waals surface area contributed by atoms with E-state index in [1.165, 1.54) is 18.2 Å². The molecule has 0 N–H and O–H groups in total. The molecule has 0 aliphatic carbocycles. The number of fused-ring (bicyclic) bond motifs is 1. The molecule has 0 amide bonds. The van der Waals surface area contributed by atoms with Gasteiger partial charge in [0.25, 0.3) is 0 Å². The number of ether oxygens (including phenoxy) is 1. The molecule has 2 aromatic carbocycles. The summed E-state index contributed by atoms with van der Waals surface area (Å²) in [7, 11) is 3.43. The van der Waals surface area contributed by atoms with Crippen LogP contribution in [0.3, 0.4) is 0 Å². The first kappa shape index (κ1) is 13.4. The van der Waals surface area contributed by atoms with E-state index in [1.54, 1.807) is 6.07 Å². The summed E-state index contributed by atoms with van der Waals surface area (Å²) in [5.41, 5.74) is 4.18. The molecule has 3 rings (SSSR count). The summed E-state index contributed by atoms with van der Waals surface area (Å²) in [6.45, 7) is 0. The van der Waals surface area contributed by atoms with Crippen molar-refractivity contribution >= 4 is 16.9 Å². The largest absolute Gasteiger partial charge is 0.465 e. The van der Waals surface area contributed by atoms with E-state index in [2.05, 4.69) is 22.9 Å². The molecule has 0 aliphatic rings. The molecule has 0 atom stereocenters. The Kier molecular flexibility index (Phi) is 3.48. The average Bonchev–Trinajstić information content (AvgIpc) is 2.83. The van der Waals surface area contributed by atoms with E-state index in [0.29, 0.717) is 5.56 Å². The van der Waals surface area contributed by atoms with Crippen LogP contribution in [0.15, 0.2) is 54.7 Å². The fourth-order valence-corrected chi connectivity index (χ4v) is 2.68. The first-order valence-corrected chi connectivity index (χ1v) is 6.89. The van der Waals surface area contributed by atoms with Crippen LogP contribution in [0.2, 0.25) is 0 Å². The Bertz CT molecular complexity index is 788. The minimum atomic E-state index is -0.300. The van der Waals surface area contributed by atoms with Gasteiger partial charge in [0.05, 0.1) is 12.7 Å². The molecule has 106 valence electrons. The Morgan fingerprint density at radius 1 is 1.14 bits per heavy atom. The number of hydrogen-bond donors (Lipinski definition) is 0. The number of aryl methyl sites for hydroxylation is 1. The predicted molar refractivity (Wildman–Crippen MR) is 83.5 cm³/mol. The van der Waals surface area contributed by atoms with E-state index in [0.717, 1.165) is 17.3 Å². The van der Waals surface area contributed by atoms with E-state index in [-0.39, 0.29) is 5.97 Å². The Morgan fingerprint density at radius 2 is 1.90 bits per heavy atom. The van der Waals surface area contributed by atoms with Gasteiger partial charge in [0, 0.05) is 24.1 Å². The van der Waals surface area contributed by atoms with E-state index < -0.39 is 0 Å². The van der Waals surface area contributed by atoms with Crippen LogP contribution in [0.1, 0.15) is 21.5 Å². The molecule has 1 aromatic heterocycles. The van der Waals surface area contributed by atoms with Crippen LogP contribution < -0.4 is 0 Å². The van der Waals surface area contributed by atoms with Gasteiger partial charge < -0.3 is 9.30 Å². The lowest BCUT2D eigenvalue weighted by Gasteiger charge is -2.02. The van der Waals surface area contributed by atoms with E-state index in [9.17, 15) is 4.79 Å². The van der Waals surface area contributed by atoms with Crippen molar-refractivity contribution in [1.82, 2.24) is 4.57 Å². The van der Waals surface area contributed by atoms with Gasteiger partial charge >= 0.3 is 5.97 Å². The van der Waals surface area contributed by atoms with E-state index >= 15 is 0 Å². The zero-order valence-corrected chi connectivity index (χ0v) is 12.2. The highest BCUT2D eigenvalue weighted by Gasteiger charge is 2.11. The maximum atomic E-state index is 11.7. The minimum Gasteiger partial charge on any atom is -0.465 e. The van der Waals surface area contributed by atoms with Crippen LogP contribution in [-0.2, 0) is 18.2 Å². The van der Waals surface area contributed by atoms with Gasteiger partial charge in [-0.15, -0.1) is 0 Å². The molecule has 0 unspecified atom stereocenters. The van der Waals surface area contributed by atoms with Crippen molar-refractivity contribution in [2.75, 3.05) is 7.11 Å². The van der Waals surface area contributed by atoms with Crippen molar-refractivity contribution in [3.05, 3.63) is 71.4 Å². The van der Waals surface area contributed by atoms with Crippen LogP contribution >= 0.6 is 0 Å². The van der Waals surface area contributed by atoms with E-state index in [1.807, 2.05) is 37.4 Å². The SMILES string of the molecule is COC(=O)c1ccc2c(c1)c(Cc1ccccc1)cn2C. The Labute approximate surface area is 123 Å². The lowest BCUT2D eigenvalue weighted by Crippen LogP contribution is -2.00. The third-order valence-corrected chi connectivity index (χ3v) is 3.73. The predicted octanol–water partition coefficient (Wildman–Crippen LogP) is 3.56. The molecule has 0 radical (unpaired) electrons. The topological polar surface area (TPSA) is 31.2 Å². The molecule has 0 aliphatic heterocycles. The number of carbonyl (C=O) groups excluding carboxylic acids is 1. The molecule has 0 bridgehead atoms. The van der Waals surface area contributed by atoms with Crippen LogP contribution in [0.4, 0.5) is 0 Å². The van der Waals surface area contributed by atoms with Gasteiger partial charge in [-0.05, 0) is 35.7 Å². The Balaban J connectivity index is 2.07. The van der Waals surface area contributed by atoms with Crippen LogP contribution in [0.25, 0.3) is 10.9 Å². The summed E-state index contributed by atoms with van der Waals surface area (Å²) in [6.07, 6.45) is 2.97. The van der Waals surface area contributed by atoms with Gasteiger partial charge in [-0.25, -0.2) is 4.79 Å². The highest BCUT2D eigenvalue weighted by atomic mass is 16.5. The minimum absolute atomic E-state index is 0.300. The van der Waals surface area contributed by atoms with E-state index in [4.69, 9.17) is 4.74 Å². The van der Waals surface area contributed by atoms with Crippen molar-refractivity contribution in [1.29, 1.82) is 0 Å². The molecule has 21 heavy (non-hydrogen) atoms. The van der Waals surface area contributed by atoms with Crippen molar-refractivity contribution in [2.45, 2.75) is 6.42 Å². The van der Waals surface area contributed by atoms with Crippen molar-refractivity contribution < 1.29 is 9.53 Å². The molecule has 3 nitrogen and oxygen atoms in total. The zero-order chi connectivity index (χ0) is 14.8. The van der Waals surface area contributed by atoms with Gasteiger partial charge in [-0.3, -0.25) is 0 Å². The lowest BCUT2D eigenvalue weighted by molar-refractivity contribution is 0.0601. The molecular formula is C18H17NO2. The average molecular weight is 279 g/mol. The summed E-state index contributed by atoms with van der Waals surface area (Å²) < 4.78 is 6.90. The number of rotatable bonds is 3. The summed E-state index contributed by atoms with van der Waals surface area (Å²) in [5, 5.41) is 1.10. The van der Waals surface area contributed by atoms with Crippen LogP contribution in [0.5, 0.6) is 0 Å². The normalized spacial score (nSPS) is 10.8. The van der Waals surface area contributed by atoms with Crippen LogP contribution in [0, 0.1) is 0 Å². The van der Waals surface area contributed by atoms with Gasteiger partial charge in [0.1, 0.15) is 0 Å². The standard InChI is InChI=1S/C18H17NO2/c1-19-12-15(10-13-6-4-3-5-7-13)16-11-14(18(20)21-2)8-9-17(16)19/h3-9,11-12H,10H2,1-2H3. The van der Waals surface area contributed by atoms with Crippen molar-refractivity contribution in [3.63, 3.8) is 0 Å². The Morgan fingerprint density at radius 3 is 2.62 bits per heavy atom. The van der Waals surface area contributed by atoms with Crippen molar-refractivity contribution in [2.24, 2.45) is 7.05 Å². The molecule has 3 aromatic rings. The number of aromatic nitrogens is 1. The highest BCUT2D eigenvalue weighted by Crippen LogP contribution is 2.24. The maximum Gasteiger partial charge on any atom is 0.337 e. The van der Waals surface area contributed by atoms with Crippen molar-refractivity contribution in [3.8, 4) is 0 Å². The zero-order valence-electron chi connectivity index (χ0n) is 12.2. The first-order valence-electron chi connectivity index (χ1n) is 6.89. The molecule has 3 heteroatoms. The smallest absolute Gasteiger partial charge is 0.337 e. The van der Waals surface area contributed by atoms with Gasteiger partial charge in [-0.2, -0.15) is 0 Å². The number of hydrogen-bond acceptors (Lipinski definition) is 2. The number of methoxy groups -OCH3 is 1. The second-order valence-corrected chi connectivity index (χ2v) is 5.15. The molecule has 0 saturated heterocycles. The second kappa shape index (κ2) is 5.44. The number of carbonyl (C=O) groups is 1. The second-order valence-electron chi connectivity index (χ2n) is 5.15. The quantitative estimate of drug-likeness (QED) is 0.686. The lowest BCUT2D eigenvalue weighted by atomic mass is 10.0. The fourth-order valence-electron chi connectivity index (χ4n) is 2.68. The van der Waals surface area contributed by atoms with Gasteiger partial charge in [0.15, 0.2) is 0 Å². The summed E-state index contributed by atoms with van der Waals surface area (Å²) in [4.78, 5) is 11.7. The number of benzene rings is 2. The third kappa shape index (κ3) is 2.55. The third-order valence-electron chi connectivity index (χ3n) is 3.73. The molecule has 0 spiro atoms. The molecule has 1 heterocycles. The monoisotopic (exact) mass is 279 g/mol. The highest BCUT2D eigenvalue weighted by molar-refractivity contribution is 5.96.